The third kappa shape index (κ3) is 2.93. The molecule has 1 saturated carbocycles. The summed E-state index contributed by atoms with van der Waals surface area (Å²) in [7, 11) is 0. The molecule has 2 unspecified atom stereocenters. The molecule has 1 aromatic rings. The van der Waals surface area contributed by atoms with Gasteiger partial charge in [-0.1, -0.05) is 30.5 Å². The van der Waals surface area contributed by atoms with E-state index in [0.29, 0.717) is 5.25 Å². The highest BCUT2D eigenvalue weighted by Gasteiger charge is 2.25. The molecule has 0 saturated heterocycles. The topological polar surface area (TPSA) is 23.8 Å². The largest absolute Gasteiger partial charge is 0.198 e. The van der Waals surface area contributed by atoms with E-state index in [4.69, 9.17) is 16.9 Å². The maximum absolute atomic E-state index is 9.10. The number of nitrogens with zero attached hydrogens (tertiary/aromatic N) is 1. The van der Waals surface area contributed by atoms with Crippen LogP contribution in [0.25, 0.3) is 0 Å². The normalized spacial score (nSPS) is 25.0. The minimum Gasteiger partial charge on any atom is -0.198 e. The van der Waals surface area contributed by atoms with Crippen molar-refractivity contribution < 1.29 is 0 Å². The van der Waals surface area contributed by atoms with Gasteiger partial charge >= 0.3 is 0 Å². The summed E-state index contributed by atoms with van der Waals surface area (Å²) in [6.07, 6.45) is 4.64. The zero-order chi connectivity index (χ0) is 11.4. The molecule has 0 radical (unpaired) electrons. The van der Waals surface area contributed by atoms with Crippen molar-refractivity contribution in [2.45, 2.75) is 35.8 Å². The fourth-order valence-corrected chi connectivity index (χ4v) is 3.70. The van der Waals surface area contributed by atoms with Gasteiger partial charge in [-0.05, 0) is 31.0 Å². The molecule has 0 aromatic heterocycles. The molecule has 1 fully saturated rings. The second kappa shape index (κ2) is 5.61. The molecule has 0 spiro atoms. The standard InChI is InChI=1S/C13H14ClNS/c14-11-5-3-6-12(8-11)16-13-7-2-1-4-10(13)9-15/h3,5-6,8,10,13H,1-2,4,7H2. The average Bonchev–Trinajstić information content (AvgIpc) is 2.30. The van der Waals surface area contributed by atoms with Crippen molar-refractivity contribution in [3.63, 3.8) is 0 Å². The molecule has 2 atom stereocenters. The Labute approximate surface area is 106 Å². The molecule has 84 valence electrons. The number of rotatable bonds is 2. The molecule has 0 N–H and O–H groups in total. The molecule has 1 aromatic carbocycles. The summed E-state index contributed by atoms with van der Waals surface area (Å²) in [6.45, 7) is 0. The van der Waals surface area contributed by atoms with Crippen LogP contribution in [0, 0.1) is 17.2 Å². The average molecular weight is 252 g/mol. The molecule has 0 aliphatic heterocycles. The molecule has 0 amide bonds. The number of hydrogen-bond acceptors (Lipinski definition) is 2. The van der Waals surface area contributed by atoms with E-state index in [2.05, 4.69) is 12.1 Å². The first-order chi connectivity index (χ1) is 7.79. The molecular formula is C13H14ClNS. The van der Waals surface area contributed by atoms with Crippen LogP contribution in [0.3, 0.4) is 0 Å². The third-order valence-corrected chi connectivity index (χ3v) is 4.58. The monoisotopic (exact) mass is 251 g/mol. The van der Waals surface area contributed by atoms with Gasteiger partial charge in [0.05, 0.1) is 12.0 Å². The van der Waals surface area contributed by atoms with Gasteiger partial charge < -0.3 is 0 Å². The van der Waals surface area contributed by atoms with Gasteiger partial charge in [0.15, 0.2) is 0 Å². The zero-order valence-electron chi connectivity index (χ0n) is 9.03. The highest BCUT2D eigenvalue weighted by molar-refractivity contribution is 8.00. The van der Waals surface area contributed by atoms with Crippen molar-refractivity contribution >= 4 is 23.4 Å². The van der Waals surface area contributed by atoms with E-state index in [1.807, 2.05) is 18.2 Å². The minimum absolute atomic E-state index is 0.206. The first-order valence-electron chi connectivity index (χ1n) is 5.61. The lowest BCUT2D eigenvalue weighted by Gasteiger charge is -2.26. The van der Waals surface area contributed by atoms with Crippen molar-refractivity contribution in [2.75, 3.05) is 0 Å². The van der Waals surface area contributed by atoms with Crippen LogP contribution >= 0.6 is 23.4 Å². The molecule has 0 bridgehead atoms. The number of halogens is 1. The van der Waals surface area contributed by atoms with Gasteiger partial charge in [-0.25, -0.2) is 0 Å². The van der Waals surface area contributed by atoms with E-state index < -0.39 is 0 Å². The van der Waals surface area contributed by atoms with Gasteiger partial charge in [0.1, 0.15) is 0 Å². The van der Waals surface area contributed by atoms with Crippen molar-refractivity contribution in [1.29, 1.82) is 5.26 Å². The maximum Gasteiger partial charge on any atom is 0.0667 e. The summed E-state index contributed by atoms with van der Waals surface area (Å²) >= 11 is 7.76. The Bertz CT molecular complexity index is 399. The molecule has 1 aliphatic rings. The van der Waals surface area contributed by atoms with Gasteiger partial charge in [0, 0.05) is 15.2 Å². The highest BCUT2D eigenvalue weighted by atomic mass is 35.5. The Morgan fingerprint density at radius 2 is 2.12 bits per heavy atom. The van der Waals surface area contributed by atoms with E-state index >= 15 is 0 Å². The van der Waals surface area contributed by atoms with Gasteiger partial charge in [0.25, 0.3) is 0 Å². The van der Waals surface area contributed by atoms with Gasteiger partial charge in [-0.2, -0.15) is 5.26 Å². The number of nitriles is 1. The maximum atomic E-state index is 9.10. The summed E-state index contributed by atoms with van der Waals surface area (Å²) in [5, 5.41) is 10.3. The summed E-state index contributed by atoms with van der Waals surface area (Å²) in [5.41, 5.74) is 0. The van der Waals surface area contributed by atoms with E-state index in [1.165, 1.54) is 17.7 Å². The number of hydrogen-bond donors (Lipinski definition) is 0. The lowest BCUT2D eigenvalue weighted by atomic mass is 9.90. The molecule has 0 heterocycles. The van der Waals surface area contributed by atoms with Gasteiger partial charge in [-0.15, -0.1) is 11.8 Å². The second-order valence-electron chi connectivity index (χ2n) is 4.13. The minimum atomic E-state index is 0.206. The summed E-state index contributed by atoms with van der Waals surface area (Å²) in [5.74, 6) is 0.206. The van der Waals surface area contributed by atoms with Crippen LogP contribution in [0.5, 0.6) is 0 Å². The van der Waals surface area contributed by atoms with Crippen LogP contribution < -0.4 is 0 Å². The predicted molar refractivity (Wildman–Crippen MR) is 68.7 cm³/mol. The molecule has 2 rings (SSSR count). The van der Waals surface area contributed by atoms with E-state index in [9.17, 15) is 0 Å². The van der Waals surface area contributed by atoms with Crippen LogP contribution in [0.1, 0.15) is 25.7 Å². The molecular weight excluding hydrogens is 238 g/mol. The first-order valence-corrected chi connectivity index (χ1v) is 6.87. The van der Waals surface area contributed by atoms with E-state index in [1.54, 1.807) is 11.8 Å². The zero-order valence-corrected chi connectivity index (χ0v) is 10.6. The Hall–Kier alpha value is -0.650. The van der Waals surface area contributed by atoms with E-state index in [0.717, 1.165) is 17.9 Å². The first kappa shape index (κ1) is 11.8. The number of thioether (sulfide) groups is 1. The fourth-order valence-electron chi connectivity index (χ4n) is 2.10. The van der Waals surface area contributed by atoms with Crippen molar-refractivity contribution in [1.82, 2.24) is 0 Å². The Morgan fingerprint density at radius 3 is 2.88 bits per heavy atom. The van der Waals surface area contributed by atoms with Crippen LogP contribution in [0.4, 0.5) is 0 Å². The summed E-state index contributed by atoms with van der Waals surface area (Å²) < 4.78 is 0. The van der Waals surface area contributed by atoms with Gasteiger partial charge in [-0.3, -0.25) is 0 Å². The van der Waals surface area contributed by atoms with Crippen molar-refractivity contribution in [3.8, 4) is 6.07 Å². The SMILES string of the molecule is N#CC1CCCCC1Sc1cccc(Cl)c1. The third-order valence-electron chi connectivity index (χ3n) is 2.95. The highest BCUT2D eigenvalue weighted by Crippen LogP contribution is 2.37. The predicted octanol–water partition coefficient (Wildman–Crippen LogP) is 4.51. The van der Waals surface area contributed by atoms with E-state index in [-0.39, 0.29) is 5.92 Å². The fraction of sp³-hybridized carbons (Fsp3) is 0.462. The van der Waals surface area contributed by atoms with Gasteiger partial charge in [0.2, 0.25) is 0 Å². The van der Waals surface area contributed by atoms with Crippen LogP contribution in [-0.2, 0) is 0 Å². The summed E-state index contributed by atoms with van der Waals surface area (Å²) in [6, 6.07) is 10.3. The Balaban J connectivity index is 2.05. The van der Waals surface area contributed by atoms with Crippen molar-refractivity contribution in [3.05, 3.63) is 29.3 Å². The Morgan fingerprint density at radius 1 is 1.31 bits per heavy atom. The lowest BCUT2D eigenvalue weighted by Crippen LogP contribution is -2.20. The van der Waals surface area contributed by atoms with Crippen LogP contribution in [-0.4, -0.2) is 5.25 Å². The molecule has 1 aliphatic carbocycles. The van der Waals surface area contributed by atoms with Crippen molar-refractivity contribution in [2.24, 2.45) is 5.92 Å². The molecule has 16 heavy (non-hydrogen) atoms. The molecule has 1 nitrogen and oxygen atoms in total. The quantitative estimate of drug-likeness (QED) is 0.772. The number of benzene rings is 1. The lowest BCUT2D eigenvalue weighted by molar-refractivity contribution is 0.439. The smallest absolute Gasteiger partial charge is 0.0667 e. The van der Waals surface area contributed by atoms with Crippen LogP contribution in [0.15, 0.2) is 29.2 Å². The Kier molecular flexibility index (Phi) is 4.15. The molecule has 3 heteroatoms. The second-order valence-corrected chi connectivity index (χ2v) is 5.88. The summed E-state index contributed by atoms with van der Waals surface area (Å²) in [4.78, 5) is 1.18. The van der Waals surface area contributed by atoms with Crippen LogP contribution in [0.2, 0.25) is 5.02 Å².